The molecule has 0 aliphatic rings. The van der Waals surface area contributed by atoms with E-state index in [2.05, 4.69) is 10.7 Å². The van der Waals surface area contributed by atoms with Gasteiger partial charge in [0.15, 0.2) is 0 Å². The normalized spacial score (nSPS) is 11.5. The fraction of sp³-hybridized carbons (Fsp3) is 0.263. The second-order valence-corrected chi connectivity index (χ2v) is 5.90. The monoisotopic (exact) mass is 358 g/mol. The fourth-order valence-corrected chi connectivity index (χ4v) is 2.60. The zero-order chi connectivity index (χ0) is 19.1. The van der Waals surface area contributed by atoms with Crippen LogP contribution in [0.3, 0.4) is 0 Å². The predicted octanol–water partition coefficient (Wildman–Crippen LogP) is 2.79. The van der Waals surface area contributed by atoms with E-state index in [-0.39, 0.29) is 17.9 Å². The summed E-state index contributed by atoms with van der Waals surface area (Å²) >= 11 is 0. The lowest BCUT2D eigenvalue weighted by molar-refractivity contribution is -0.121. The van der Waals surface area contributed by atoms with Gasteiger partial charge in [-0.1, -0.05) is 35.9 Å². The smallest absolute Gasteiger partial charge is 0.312 e. The topological polar surface area (TPSA) is 87.5 Å². The maximum atomic E-state index is 14.0. The first-order valence-corrected chi connectivity index (χ1v) is 8.34. The van der Waals surface area contributed by atoms with Crippen molar-refractivity contribution >= 4 is 17.6 Å². The Morgan fingerprint density at radius 3 is 2.38 bits per heavy atom. The average Bonchev–Trinajstić information content (AvgIpc) is 2.60. The molecule has 2 aromatic carbocycles. The van der Waals surface area contributed by atoms with Crippen molar-refractivity contribution in [2.24, 2.45) is 5.73 Å². The summed E-state index contributed by atoms with van der Waals surface area (Å²) in [6.07, 6.45) is -0.147. The van der Waals surface area contributed by atoms with Crippen molar-refractivity contribution in [3.63, 3.8) is 0 Å². The molecule has 0 saturated carbocycles. The van der Waals surface area contributed by atoms with E-state index >= 15 is 0 Å². The maximum absolute atomic E-state index is 14.0. The van der Waals surface area contributed by atoms with Gasteiger partial charge in [0.25, 0.3) is 0 Å². The molecule has 0 radical (unpaired) electrons. The van der Waals surface area contributed by atoms with Crippen LogP contribution in [0.1, 0.15) is 30.5 Å². The Labute approximate surface area is 152 Å². The first-order chi connectivity index (χ1) is 12.4. The lowest BCUT2D eigenvalue weighted by Gasteiger charge is -2.25. The number of benzene rings is 2. The second kappa shape index (κ2) is 8.84. The van der Waals surface area contributed by atoms with Crippen LogP contribution in [0.25, 0.3) is 0 Å². The summed E-state index contributed by atoms with van der Waals surface area (Å²) in [7, 11) is 0. The standard InChI is InChI=1S/C19H23FN4O2/c1-3-24(14-10-8-13(2)9-11-14)23-18(25)12-17(22-19(21)26)15-6-4-5-7-16(15)20/h4-11,17H,3,12H2,1-2H3,(H,23,25)(H3,21,22,26). The van der Waals surface area contributed by atoms with E-state index in [9.17, 15) is 14.0 Å². The number of rotatable bonds is 7. The number of halogens is 1. The van der Waals surface area contributed by atoms with E-state index < -0.39 is 17.9 Å². The third-order valence-corrected chi connectivity index (χ3v) is 3.91. The summed E-state index contributed by atoms with van der Waals surface area (Å²) in [5, 5.41) is 4.11. The van der Waals surface area contributed by atoms with Crippen molar-refractivity contribution in [1.29, 1.82) is 0 Å². The Morgan fingerprint density at radius 2 is 1.81 bits per heavy atom. The Kier molecular flexibility index (Phi) is 6.54. The Balaban J connectivity index is 2.12. The van der Waals surface area contributed by atoms with Crippen molar-refractivity contribution in [2.75, 3.05) is 11.6 Å². The van der Waals surface area contributed by atoms with Gasteiger partial charge in [0, 0.05) is 12.1 Å². The minimum absolute atomic E-state index is 0.147. The molecular formula is C19H23FN4O2. The SMILES string of the molecule is CCN(NC(=O)CC(NC(N)=O)c1ccccc1F)c1ccc(C)cc1. The van der Waals surface area contributed by atoms with Gasteiger partial charge in [0.05, 0.1) is 18.2 Å². The maximum Gasteiger partial charge on any atom is 0.312 e. The van der Waals surface area contributed by atoms with Crippen LogP contribution < -0.4 is 21.5 Å². The molecular weight excluding hydrogens is 335 g/mol. The lowest BCUT2D eigenvalue weighted by Crippen LogP contribution is -2.44. The number of primary amides is 1. The van der Waals surface area contributed by atoms with Crippen LogP contribution in [0, 0.1) is 12.7 Å². The third kappa shape index (κ3) is 5.20. The number of carbonyl (C=O) groups excluding carboxylic acids is 2. The Hall–Kier alpha value is -3.09. The summed E-state index contributed by atoms with van der Waals surface area (Å²) < 4.78 is 14.0. The van der Waals surface area contributed by atoms with E-state index in [1.807, 2.05) is 38.1 Å². The summed E-state index contributed by atoms with van der Waals surface area (Å²) in [4.78, 5) is 23.7. The van der Waals surface area contributed by atoms with E-state index in [1.54, 1.807) is 11.1 Å². The van der Waals surface area contributed by atoms with Crippen molar-refractivity contribution in [3.8, 4) is 0 Å². The highest BCUT2D eigenvalue weighted by Gasteiger charge is 2.21. The molecule has 2 rings (SSSR count). The Morgan fingerprint density at radius 1 is 1.15 bits per heavy atom. The zero-order valence-electron chi connectivity index (χ0n) is 14.8. The molecule has 1 atom stereocenters. The highest BCUT2D eigenvalue weighted by Crippen LogP contribution is 2.20. The van der Waals surface area contributed by atoms with Crippen LogP contribution in [0.2, 0.25) is 0 Å². The van der Waals surface area contributed by atoms with Gasteiger partial charge in [0.1, 0.15) is 5.82 Å². The number of aryl methyl sites for hydroxylation is 1. The fourth-order valence-electron chi connectivity index (χ4n) is 2.60. The minimum atomic E-state index is -0.856. The zero-order valence-corrected chi connectivity index (χ0v) is 14.8. The van der Waals surface area contributed by atoms with E-state index in [0.29, 0.717) is 6.54 Å². The van der Waals surface area contributed by atoms with Crippen molar-refractivity contribution in [3.05, 3.63) is 65.5 Å². The molecule has 0 saturated heterocycles. The Bertz CT molecular complexity index is 764. The minimum Gasteiger partial charge on any atom is -0.352 e. The molecule has 7 heteroatoms. The van der Waals surface area contributed by atoms with E-state index in [4.69, 9.17) is 5.73 Å². The van der Waals surface area contributed by atoms with Crippen LogP contribution in [0.15, 0.2) is 48.5 Å². The molecule has 0 spiro atoms. The van der Waals surface area contributed by atoms with Gasteiger partial charge in [0.2, 0.25) is 5.91 Å². The molecule has 6 nitrogen and oxygen atoms in total. The molecule has 0 heterocycles. The number of amides is 3. The van der Waals surface area contributed by atoms with Gasteiger partial charge in [-0.05, 0) is 32.0 Å². The molecule has 1 unspecified atom stereocenters. The number of hydrazine groups is 1. The molecule has 0 aliphatic carbocycles. The second-order valence-electron chi connectivity index (χ2n) is 5.90. The van der Waals surface area contributed by atoms with Crippen LogP contribution in [-0.2, 0) is 4.79 Å². The molecule has 4 N–H and O–H groups in total. The molecule has 0 bridgehead atoms. The highest BCUT2D eigenvalue weighted by molar-refractivity contribution is 5.80. The number of hydrogen-bond acceptors (Lipinski definition) is 3. The van der Waals surface area contributed by atoms with Gasteiger partial charge in [-0.25, -0.2) is 9.18 Å². The van der Waals surface area contributed by atoms with Gasteiger partial charge >= 0.3 is 6.03 Å². The lowest BCUT2D eigenvalue weighted by atomic mass is 10.0. The summed E-state index contributed by atoms with van der Waals surface area (Å²) in [6, 6.07) is 12.0. The number of nitrogens with two attached hydrogens (primary N) is 1. The summed E-state index contributed by atoms with van der Waals surface area (Å²) in [5.41, 5.74) is 10.1. The van der Waals surface area contributed by atoms with E-state index in [1.165, 1.54) is 18.2 Å². The van der Waals surface area contributed by atoms with Gasteiger partial charge < -0.3 is 11.1 Å². The van der Waals surface area contributed by atoms with Crippen LogP contribution in [-0.4, -0.2) is 18.5 Å². The highest BCUT2D eigenvalue weighted by atomic mass is 19.1. The van der Waals surface area contributed by atoms with Gasteiger partial charge in [-0.15, -0.1) is 0 Å². The quantitative estimate of drug-likeness (QED) is 0.665. The first kappa shape index (κ1) is 19.2. The average molecular weight is 358 g/mol. The number of hydrogen-bond donors (Lipinski definition) is 3. The predicted molar refractivity (Wildman–Crippen MR) is 98.8 cm³/mol. The molecule has 0 fully saturated rings. The van der Waals surface area contributed by atoms with Gasteiger partial charge in [-0.3, -0.25) is 15.2 Å². The van der Waals surface area contributed by atoms with Crippen LogP contribution in [0.5, 0.6) is 0 Å². The van der Waals surface area contributed by atoms with Crippen molar-refractivity contribution < 1.29 is 14.0 Å². The van der Waals surface area contributed by atoms with Crippen molar-refractivity contribution in [2.45, 2.75) is 26.3 Å². The molecule has 26 heavy (non-hydrogen) atoms. The van der Waals surface area contributed by atoms with Crippen molar-refractivity contribution in [1.82, 2.24) is 10.7 Å². The number of urea groups is 1. The molecule has 0 aliphatic heterocycles. The molecule has 0 aromatic heterocycles. The van der Waals surface area contributed by atoms with Crippen LogP contribution in [0.4, 0.5) is 14.9 Å². The number of carbonyl (C=O) groups is 2. The largest absolute Gasteiger partial charge is 0.352 e. The first-order valence-electron chi connectivity index (χ1n) is 8.34. The number of anilines is 1. The van der Waals surface area contributed by atoms with E-state index in [0.717, 1.165) is 11.3 Å². The molecule has 2 aromatic rings. The molecule has 3 amide bonds. The molecule has 138 valence electrons. The van der Waals surface area contributed by atoms with Crippen LogP contribution >= 0.6 is 0 Å². The summed E-state index contributed by atoms with van der Waals surface area (Å²) in [6.45, 7) is 4.42. The summed E-state index contributed by atoms with van der Waals surface area (Å²) in [5.74, 6) is -0.876. The number of nitrogens with one attached hydrogen (secondary N) is 2. The third-order valence-electron chi connectivity index (χ3n) is 3.91. The number of nitrogens with zero attached hydrogens (tertiary/aromatic N) is 1. The van der Waals surface area contributed by atoms with Gasteiger partial charge in [-0.2, -0.15) is 0 Å².